The number of rotatable bonds is 6. The average molecular weight is 277 g/mol. The van der Waals surface area contributed by atoms with Gasteiger partial charge < -0.3 is 0 Å². The Hall–Kier alpha value is -0.260. The number of hydrogen-bond acceptors (Lipinski definition) is 0. The summed E-state index contributed by atoms with van der Waals surface area (Å²) in [6.07, 6.45) is 22.6. The van der Waals surface area contributed by atoms with Gasteiger partial charge in [-0.3, -0.25) is 0 Å². The lowest BCUT2D eigenvalue weighted by Gasteiger charge is -2.33. The summed E-state index contributed by atoms with van der Waals surface area (Å²) in [6, 6.07) is 0. The second-order valence-electron chi connectivity index (χ2n) is 7.53. The van der Waals surface area contributed by atoms with E-state index in [9.17, 15) is 0 Å². The first-order valence-electron chi connectivity index (χ1n) is 9.48. The first-order valence-corrected chi connectivity index (χ1v) is 9.48. The van der Waals surface area contributed by atoms with Crippen molar-refractivity contribution in [2.75, 3.05) is 0 Å². The van der Waals surface area contributed by atoms with E-state index in [1.165, 1.54) is 57.8 Å². The van der Waals surface area contributed by atoms with Gasteiger partial charge in [-0.15, -0.1) is 0 Å². The lowest BCUT2D eigenvalue weighted by molar-refractivity contribution is 0.196. The molecule has 0 N–H and O–H groups in total. The molecule has 2 saturated carbocycles. The smallest absolute Gasteiger partial charge is 0.0233 e. The molecule has 0 amide bonds. The maximum absolute atomic E-state index is 2.49. The molecule has 0 atom stereocenters. The lowest BCUT2D eigenvalue weighted by Crippen LogP contribution is -2.20. The molecule has 0 spiro atoms. The Balaban J connectivity index is 1.62. The van der Waals surface area contributed by atoms with Gasteiger partial charge in [-0.05, 0) is 62.2 Å². The predicted molar refractivity (Wildman–Crippen MR) is 89.9 cm³/mol. The largest absolute Gasteiger partial charge is 0.0885 e. The highest BCUT2D eigenvalue weighted by atomic mass is 14.3. The van der Waals surface area contributed by atoms with Crippen molar-refractivity contribution in [3.05, 3.63) is 12.2 Å². The third-order valence-electron chi connectivity index (χ3n) is 5.87. The Morgan fingerprint density at radius 1 is 0.750 bits per heavy atom. The van der Waals surface area contributed by atoms with Crippen LogP contribution in [0.2, 0.25) is 0 Å². The molecule has 0 heteroatoms. The summed E-state index contributed by atoms with van der Waals surface area (Å²) in [6.45, 7) is 4.59. The normalized spacial score (nSPS) is 35.5. The molecule has 0 radical (unpaired) electrons. The molecule has 2 rings (SSSR count). The average Bonchev–Trinajstić information content (AvgIpc) is 2.49. The maximum atomic E-state index is 2.49. The molecule has 0 heterocycles. The van der Waals surface area contributed by atoms with Crippen LogP contribution in [0.5, 0.6) is 0 Å². The molecule has 0 saturated heterocycles. The van der Waals surface area contributed by atoms with Gasteiger partial charge in [0.15, 0.2) is 0 Å². The molecule has 0 aromatic carbocycles. The molecule has 0 aromatic heterocycles. The summed E-state index contributed by atoms with van der Waals surface area (Å²) in [5.41, 5.74) is 0. The zero-order chi connectivity index (χ0) is 14.2. The summed E-state index contributed by atoms with van der Waals surface area (Å²) in [5.74, 6) is 4.13. The summed E-state index contributed by atoms with van der Waals surface area (Å²) in [4.78, 5) is 0. The molecule has 0 unspecified atom stereocenters. The third kappa shape index (κ3) is 5.26. The Kier molecular flexibility index (Phi) is 7.17. The van der Waals surface area contributed by atoms with Gasteiger partial charge in [-0.1, -0.05) is 64.5 Å². The Morgan fingerprint density at radius 2 is 1.30 bits per heavy atom. The van der Waals surface area contributed by atoms with Gasteiger partial charge in [-0.2, -0.15) is 0 Å². The van der Waals surface area contributed by atoms with Crippen molar-refractivity contribution in [1.29, 1.82) is 0 Å². The third-order valence-corrected chi connectivity index (χ3v) is 5.87. The minimum absolute atomic E-state index is 0.909. The quantitative estimate of drug-likeness (QED) is 0.470. The van der Waals surface area contributed by atoms with Crippen molar-refractivity contribution in [2.24, 2.45) is 23.7 Å². The lowest BCUT2D eigenvalue weighted by atomic mass is 9.72. The van der Waals surface area contributed by atoms with E-state index in [1.54, 1.807) is 19.3 Å². The van der Waals surface area contributed by atoms with E-state index in [0.29, 0.717) is 0 Å². The van der Waals surface area contributed by atoms with Crippen LogP contribution < -0.4 is 0 Å². The van der Waals surface area contributed by atoms with E-state index in [1.807, 2.05) is 0 Å². The van der Waals surface area contributed by atoms with Crippen LogP contribution in [0, 0.1) is 23.7 Å². The highest BCUT2D eigenvalue weighted by molar-refractivity contribution is 4.90. The van der Waals surface area contributed by atoms with Crippen LogP contribution >= 0.6 is 0 Å². The van der Waals surface area contributed by atoms with Crippen LogP contribution in [0.15, 0.2) is 12.2 Å². The summed E-state index contributed by atoms with van der Waals surface area (Å²) in [5, 5.41) is 0. The van der Waals surface area contributed by atoms with Gasteiger partial charge >= 0.3 is 0 Å². The van der Waals surface area contributed by atoms with Crippen LogP contribution in [0.4, 0.5) is 0 Å². The van der Waals surface area contributed by atoms with E-state index in [-0.39, 0.29) is 0 Å². The van der Waals surface area contributed by atoms with E-state index < -0.39 is 0 Å². The Morgan fingerprint density at radius 3 is 1.85 bits per heavy atom. The van der Waals surface area contributed by atoms with Gasteiger partial charge in [0.2, 0.25) is 0 Å². The van der Waals surface area contributed by atoms with E-state index in [2.05, 4.69) is 26.0 Å². The van der Waals surface area contributed by atoms with Gasteiger partial charge in [0.05, 0.1) is 0 Å². The fraction of sp³-hybridized carbons (Fsp3) is 0.900. The molecule has 0 aromatic rings. The molecule has 2 aliphatic carbocycles. The van der Waals surface area contributed by atoms with Gasteiger partial charge in [0.1, 0.15) is 0 Å². The predicted octanol–water partition coefficient (Wildman–Crippen LogP) is 6.76. The van der Waals surface area contributed by atoms with Gasteiger partial charge in [0.25, 0.3) is 0 Å². The monoisotopic (exact) mass is 276 g/mol. The van der Waals surface area contributed by atoms with Crippen molar-refractivity contribution in [3.63, 3.8) is 0 Å². The first-order chi connectivity index (χ1) is 9.81. The van der Waals surface area contributed by atoms with Crippen molar-refractivity contribution in [1.82, 2.24) is 0 Å². The van der Waals surface area contributed by atoms with Crippen molar-refractivity contribution in [2.45, 2.75) is 90.9 Å². The molecule has 2 aliphatic rings. The topological polar surface area (TPSA) is 0 Å². The summed E-state index contributed by atoms with van der Waals surface area (Å²) in [7, 11) is 0. The number of allylic oxidation sites excluding steroid dienone is 2. The highest BCUT2D eigenvalue weighted by Gasteiger charge is 2.25. The second kappa shape index (κ2) is 8.90. The SMILES string of the molecule is CC/C=C/C1CCC(CC2CCC(CCC)CC2)CC1. The van der Waals surface area contributed by atoms with Crippen LogP contribution in [-0.2, 0) is 0 Å². The first kappa shape index (κ1) is 16.1. The van der Waals surface area contributed by atoms with Crippen molar-refractivity contribution in [3.8, 4) is 0 Å². The van der Waals surface area contributed by atoms with Gasteiger partial charge in [-0.25, -0.2) is 0 Å². The standard InChI is InChI=1S/C20H36/c1-3-5-7-18-10-14-20(15-11-18)16-19-12-8-17(6-4-2)9-13-19/h5,7,17-20H,3-4,6,8-16H2,1-2H3/b7-5+. The number of hydrogen-bond donors (Lipinski definition) is 0. The highest BCUT2D eigenvalue weighted by Crippen LogP contribution is 2.39. The van der Waals surface area contributed by atoms with Crippen molar-refractivity contribution >= 4 is 0 Å². The molecule has 0 nitrogen and oxygen atoms in total. The van der Waals surface area contributed by atoms with E-state index in [0.717, 1.165) is 23.7 Å². The Labute approximate surface area is 127 Å². The van der Waals surface area contributed by atoms with Crippen LogP contribution in [-0.4, -0.2) is 0 Å². The van der Waals surface area contributed by atoms with Crippen LogP contribution in [0.1, 0.15) is 90.9 Å². The zero-order valence-corrected chi connectivity index (χ0v) is 13.9. The fourth-order valence-corrected chi connectivity index (χ4v) is 4.58. The zero-order valence-electron chi connectivity index (χ0n) is 13.9. The van der Waals surface area contributed by atoms with Crippen LogP contribution in [0.25, 0.3) is 0 Å². The molecule has 116 valence electrons. The fourth-order valence-electron chi connectivity index (χ4n) is 4.58. The second-order valence-corrected chi connectivity index (χ2v) is 7.53. The molecule has 0 aliphatic heterocycles. The van der Waals surface area contributed by atoms with Gasteiger partial charge in [0, 0.05) is 0 Å². The molecule has 20 heavy (non-hydrogen) atoms. The minimum atomic E-state index is 0.909. The van der Waals surface area contributed by atoms with E-state index >= 15 is 0 Å². The van der Waals surface area contributed by atoms with Crippen molar-refractivity contribution < 1.29 is 0 Å². The van der Waals surface area contributed by atoms with Crippen LogP contribution in [0.3, 0.4) is 0 Å². The molecule has 0 bridgehead atoms. The molecular formula is C20H36. The summed E-state index contributed by atoms with van der Waals surface area (Å²) < 4.78 is 0. The maximum Gasteiger partial charge on any atom is -0.0233 e. The minimum Gasteiger partial charge on any atom is -0.0885 e. The Bertz CT molecular complexity index is 262. The molecular weight excluding hydrogens is 240 g/mol. The summed E-state index contributed by atoms with van der Waals surface area (Å²) >= 11 is 0. The molecule has 2 fully saturated rings. The van der Waals surface area contributed by atoms with E-state index in [4.69, 9.17) is 0 Å².